The summed E-state index contributed by atoms with van der Waals surface area (Å²) in [4.78, 5) is 24.0. The second-order valence-electron chi connectivity index (χ2n) is 7.46. The molecule has 0 radical (unpaired) electrons. The van der Waals surface area contributed by atoms with E-state index in [0.29, 0.717) is 0 Å². The van der Waals surface area contributed by atoms with Gasteiger partial charge in [-0.1, -0.05) is 24.3 Å². The summed E-state index contributed by atoms with van der Waals surface area (Å²) in [5, 5.41) is 9.98. The van der Waals surface area contributed by atoms with E-state index < -0.39 is 17.7 Å². The fourth-order valence-corrected chi connectivity index (χ4v) is 3.37. The fourth-order valence-electron chi connectivity index (χ4n) is 3.37. The van der Waals surface area contributed by atoms with Crippen molar-refractivity contribution in [3.8, 4) is 0 Å². The first kappa shape index (κ1) is 18.9. The van der Waals surface area contributed by atoms with Crippen molar-refractivity contribution in [2.75, 3.05) is 22.5 Å². The smallest absolute Gasteiger partial charge is 0.350 e. The van der Waals surface area contributed by atoms with E-state index in [4.69, 9.17) is 9.47 Å². The minimum atomic E-state index is -1.24. The lowest BCUT2D eigenvalue weighted by atomic mass is 10.0. The summed E-state index contributed by atoms with van der Waals surface area (Å²) in [5.74, 6) is -2.65. The Labute approximate surface area is 169 Å². The topological polar surface area (TPSA) is 88.7 Å². The lowest BCUT2D eigenvalue weighted by Crippen LogP contribution is -2.42. The number of hydrogen-bond donors (Lipinski definition) is 3. The van der Waals surface area contributed by atoms with Gasteiger partial charge in [-0.2, -0.15) is 0 Å². The number of anilines is 3. The molecule has 2 aliphatic heterocycles. The molecular weight excluding hydrogens is 370 g/mol. The molecule has 0 aromatic heterocycles. The van der Waals surface area contributed by atoms with E-state index in [0.717, 1.165) is 35.6 Å². The summed E-state index contributed by atoms with van der Waals surface area (Å²) in [6.45, 7) is 3.91. The molecule has 2 aromatic carbocycles. The third-order valence-corrected chi connectivity index (χ3v) is 4.82. The number of fused-ring (bicyclic) bond motifs is 1. The van der Waals surface area contributed by atoms with Gasteiger partial charge in [0, 0.05) is 32.3 Å². The van der Waals surface area contributed by atoms with Crippen LogP contribution < -0.4 is 16.0 Å². The van der Waals surface area contributed by atoms with Crippen LogP contribution >= 0.6 is 0 Å². The van der Waals surface area contributed by atoms with Crippen molar-refractivity contribution >= 4 is 29.0 Å². The SMILES string of the molecule is CC1(C)OC(=O)C(=CNc2ccc(C3CCNc4ccccc4N3)cc2)C(=O)O1. The minimum Gasteiger partial charge on any atom is -0.419 e. The van der Waals surface area contributed by atoms with Crippen molar-refractivity contribution in [3.63, 3.8) is 0 Å². The number of rotatable bonds is 3. The molecule has 0 amide bonds. The van der Waals surface area contributed by atoms with Crippen LogP contribution in [-0.4, -0.2) is 24.3 Å². The number of para-hydroxylation sites is 2. The van der Waals surface area contributed by atoms with Crippen LogP contribution in [0.4, 0.5) is 17.1 Å². The van der Waals surface area contributed by atoms with Gasteiger partial charge >= 0.3 is 11.9 Å². The number of cyclic esters (lactones) is 2. The van der Waals surface area contributed by atoms with Gasteiger partial charge < -0.3 is 25.4 Å². The van der Waals surface area contributed by atoms with Crippen LogP contribution in [-0.2, 0) is 19.1 Å². The van der Waals surface area contributed by atoms with Gasteiger partial charge in [-0.05, 0) is 36.2 Å². The van der Waals surface area contributed by atoms with Crippen molar-refractivity contribution in [1.82, 2.24) is 0 Å². The molecule has 1 atom stereocenters. The highest BCUT2D eigenvalue weighted by molar-refractivity contribution is 6.15. The summed E-state index contributed by atoms with van der Waals surface area (Å²) < 4.78 is 10.2. The maximum atomic E-state index is 12.0. The molecule has 1 unspecified atom stereocenters. The zero-order valence-electron chi connectivity index (χ0n) is 16.3. The van der Waals surface area contributed by atoms with Crippen molar-refractivity contribution in [3.05, 3.63) is 65.9 Å². The van der Waals surface area contributed by atoms with E-state index in [2.05, 4.69) is 28.1 Å². The van der Waals surface area contributed by atoms with Crippen LogP contribution in [0.5, 0.6) is 0 Å². The summed E-state index contributed by atoms with van der Waals surface area (Å²) >= 11 is 0. The maximum Gasteiger partial charge on any atom is 0.350 e. The third kappa shape index (κ3) is 4.18. The van der Waals surface area contributed by atoms with Gasteiger partial charge in [-0.15, -0.1) is 0 Å². The summed E-state index contributed by atoms with van der Waals surface area (Å²) in [6.07, 6.45) is 2.26. The average molecular weight is 393 g/mol. The Morgan fingerprint density at radius 1 is 1.00 bits per heavy atom. The number of nitrogens with one attached hydrogen (secondary N) is 3. The Bertz CT molecular complexity index is 944. The van der Waals surface area contributed by atoms with Gasteiger partial charge in [0.25, 0.3) is 5.79 Å². The zero-order chi connectivity index (χ0) is 20.4. The van der Waals surface area contributed by atoms with E-state index in [-0.39, 0.29) is 11.6 Å². The highest BCUT2D eigenvalue weighted by Gasteiger charge is 2.38. The van der Waals surface area contributed by atoms with Gasteiger partial charge in [0.15, 0.2) is 5.57 Å². The van der Waals surface area contributed by atoms with E-state index in [9.17, 15) is 9.59 Å². The lowest BCUT2D eigenvalue weighted by molar-refractivity contribution is -0.222. The molecule has 150 valence electrons. The molecule has 0 bridgehead atoms. The molecule has 3 N–H and O–H groups in total. The van der Waals surface area contributed by atoms with Crippen LogP contribution in [0.2, 0.25) is 0 Å². The Kier molecular flexibility index (Phi) is 4.88. The maximum absolute atomic E-state index is 12.0. The van der Waals surface area contributed by atoms with E-state index >= 15 is 0 Å². The Balaban J connectivity index is 1.45. The van der Waals surface area contributed by atoms with E-state index in [1.165, 1.54) is 20.0 Å². The van der Waals surface area contributed by atoms with Crippen LogP contribution in [0.15, 0.2) is 60.3 Å². The second kappa shape index (κ2) is 7.50. The number of esters is 2. The molecule has 7 heteroatoms. The van der Waals surface area contributed by atoms with Gasteiger partial charge in [-0.25, -0.2) is 9.59 Å². The van der Waals surface area contributed by atoms with Crippen LogP contribution in [0, 0.1) is 0 Å². The minimum absolute atomic E-state index is 0.165. The molecule has 1 fully saturated rings. The fraction of sp³-hybridized carbons (Fsp3) is 0.273. The molecule has 0 saturated carbocycles. The van der Waals surface area contributed by atoms with E-state index in [1.54, 1.807) is 0 Å². The quantitative estimate of drug-likeness (QED) is 0.415. The summed E-state index contributed by atoms with van der Waals surface area (Å²) in [7, 11) is 0. The molecule has 7 nitrogen and oxygen atoms in total. The monoisotopic (exact) mass is 393 g/mol. The number of ether oxygens (including phenoxy) is 2. The van der Waals surface area contributed by atoms with Gasteiger partial charge in [-0.3, -0.25) is 0 Å². The molecule has 1 saturated heterocycles. The summed E-state index contributed by atoms with van der Waals surface area (Å²) in [5.41, 5.74) is 3.92. The van der Waals surface area contributed by atoms with Crippen LogP contribution in [0.3, 0.4) is 0 Å². The number of carbonyl (C=O) groups excluding carboxylic acids is 2. The molecular formula is C22H23N3O4. The lowest BCUT2D eigenvalue weighted by Gasteiger charge is -2.29. The molecule has 0 aliphatic carbocycles. The number of carbonyl (C=O) groups is 2. The largest absolute Gasteiger partial charge is 0.419 e. The zero-order valence-corrected chi connectivity index (χ0v) is 16.3. The molecule has 29 heavy (non-hydrogen) atoms. The standard InChI is InChI=1S/C22H23N3O4/c1-22(2)28-20(26)16(21(27)29-22)13-24-15-9-7-14(8-10-15)17-11-12-23-18-5-3-4-6-19(18)25-17/h3-10,13,17,23-25H,11-12H2,1-2H3. The molecule has 0 spiro atoms. The van der Waals surface area contributed by atoms with Crippen LogP contribution in [0.1, 0.15) is 31.9 Å². The first-order chi connectivity index (χ1) is 13.9. The predicted molar refractivity (Wildman–Crippen MR) is 110 cm³/mol. The average Bonchev–Trinajstić information content (AvgIpc) is 2.89. The van der Waals surface area contributed by atoms with Crippen molar-refractivity contribution in [2.45, 2.75) is 32.1 Å². The normalized spacial score (nSPS) is 20.2. The Hall–Kier alpha value is -3.48. The molecule has 2 heterocycles. The third-order valence-electron chi connectivity index (χ3n) is 4.82. The van der Waals surface area contributed by atoms with E-state index in [1.807, 2.05) is 36.4 Å². The van der Waals surface area contributed by atoms with Gasteiger partial charge in [0.2, 0.25) is 0 Å². The molecule has 2 aliphatic rings. The van der Waals surface area contributed by atoms with Crippen molar-refractivity contribution < 1.29 is 19.1 Å². The first-order valence-electron chi connectivity index (χ1n) is 9.54. The second-order valence-corrected chi connectivity index (χ2v) is 7.46. The molecule has 4 rings (SSSR count). The predicted octanol–water partition coefficient (Wildman–Crippen LogP) is 3.79. The van der Waals surface area contributed by atoms with Crippen molar-refractivity contribution in [2.24, 2.45) is 0 Å². The highest BCUT2D eigenvalue weighted by atomic mass is 16.7. The first-order valence-corrected chi connectivity index (χ1v) is 9.54. The highest BCUT2D eigenvalue weighted by Crippen LogP contribution is 2.31. The Morgan fingerprint density at radius 3 is 2.34 bits per heavy atom. The summed E-state index contributed by atoms with van der Waals surface area (Å²) in [6, 6.07) is 16.2. The molecule has 2 aromatic rings. The van der Waals surface area contributed by atoms with Gasteiger partial charge in [0.05, 0.1) is 17.4 Å². The van der Waals surface area contributed by atoms with Crippen molar-refractivity contribution in [1.29, 1.82) is 0 Å². The number of benzene rings is 2. The number of hydrogen-bond acceptors (Lipinski definition) is 7. The Morgan fingerprint density at radius 2 is 1.66 bits per heavy atom. The van der Waals surface area contributed by atoms with Gasteiger partial charge in [0.1, 0.15) is 0 Å². The van der Waals surface area contributed by atoms with Crippen LogP contribution in [0.25, 0.3) is 0 Å².